The number of nitrogens with zero attached hydrogens (tertiary/aromatic N) is 1. The van der Waals surface area contributed by atoms with Gasteiger partial charge in [-0.25, -0.2) is 0 Å². The quantitative estimate of drug-likeness (QED) is 0.764. The normalized spacial score (nSPS) is 11.3. The maximum absolute atomic E-state index is 12.5. The minimum absolute atomic E-state index is 0.186. The molecule has 3 heteroatoms. The number of rotatable bonds is 5. The third-order valence-corrected chi connectivity index (χ3v) is 3.41. The fourth-order valence-electron chi connectivity index (χ4n) is 1.88. The predicted molar refractivity (Wildman–Crippen MR) is 75.5 cm³/mol. The van der Waals surface area contributed by atoms with Crippen molar-refractivity contribution in [2.45, 2.75) is 26.2 Å². The van der Waals surface area contributed by atoms with Crippen LogP contribution in [0.1, 0.15) is 26.3 Å². The Morgan fingerprint density at radius 3 is 2.35 bits per heavy atom. The van der Waals surface area contributed by atoms with Crippen molar-refractivity contribution in [3.63, 3.8) is 0 Å². The molecule has 94 valence electrons. The van der Waals surface area contributed by atoms with Gasteiger partial charge in [-0.05, 0) is 26.3 Å². The third-order valence-electron chi connectivity index (χ3n) is 3.05. The van der Waals surface area contributed by atoms with Gasteiger partial charge in [-0.3, -0.25) is 4.79 Å². The molecule has 1 amide bonds. The average Bonchev–Trinajstić information content (AvgIpc) is 2.36. The van der Waals surface area contributed by atoms with E-state index in [0.29, 0.717) is 0 Å². The summed E-state index contributed by atoms with van der Waals surface area (Å²) >= 11 is 3.39. The second-order valence-corrected chi connectivity index (χ2v) is 5.36. The largest absolute Gasteiger partial charge is 0.341 e. The van der Waals surface area contributed by atoms with Crippen molar-refractivity contribution >= 4 is 21.8 Å². The zero-order valence-electron chi connectivity index (χ0n) is 10.7. The molecule has 1 rings (SSSR count). The molecule has 0 aromatic heterocycles. The molecule has 0 heterocycles. The van der Waals surface area contributed by atoms with Gasteiger partial charge >= 0.3 is 0 Å². The van der Waals surface area contributed by atoms with E-state index in [9.17, 15) is 4.79 Å². The van der Waals surface area contributed by atoms with Crippen LogP contribution < -0.4 is 0 Å². The number of alkyl halides is 1. The number of hydrogen-bond donors (Lipinski definition) is 0. The van der Waals surface area contributed by atoms with Gasteiger partial charge in [0.1, 0.15) is 0 Å². The third kappa shape index (κ3) is 3.32. The number of likely N-dealkylation sites (N-methyl/N-ethyl adjacent to an activating group) is 1. The Morgan fingerprint density at radius 2 is 1.88 bits per heavy atom. The summed E-state index contributed by atoms with van der Waals surface area (Å²) in [5, 5.41) is 0.817. The van der Waals surface area contributed by atoms with Gasteiger partial charge in [0.2, 0.25) is 5.91 Å². The lowest BCUT2D eigenvalue weighted by molar-refractivity contribution is -0.135. The lowest BCUT2D eigenvalue weighted by Gasteiger charge is -2.31. The molecule has 0 N–H and O–H groups in total. The zero-order chi connectivity index (χ0) is 12.9. The smallest absolute Gasteiger partial charge is 0.232 e. The fraction of sp³-hybridized carbons (Fsp3) is 0.500. The van der Waals surface area contributed by atoms with E-state index in [-0.39, 0.29) is 5.91 Å². The molecule has 17 heavy (non-hydrogen) atoms. The number of carbonyl (C=O) groups is 1. The molecule has 0 saturated heterocycles. The molecule has 0 aliphatic rings. The highest BCUT2D eigenvalue weighted by atomic mass is 79.9. The second kappa shape index (κ2) is 6.20. The van der Waals surface area contributed by atoms with Crippen molar-refractivity contribution in [2.75, 3.05) is 18.4 Å². The highest BCUT2D eigenvalue weighted by Crippen LogP contribution is 2.25. The van der Waals surface area contributed by atoms with Crippen molar-refractivity contribution in [3.05, 3.63) is 35.9 Å². The molecule has 0 fully saturated rings. The van der Waals surface area contributed by atoms with Crippen LogP contribution in [0.15, 0.2) is 30.3 Å². The summed E-state index contributed by atoms with van der Waals surface area (Å²) in [7, 11) is 0. The summed E-state index contributed by atoms with van der Waals surface area (Å²) in [4.78, 5) is 14.4. The first kappa shape index (κ1) is 14.2. The standard InChI is InChI=1S/C14H20BrNO/c1-4-16(11-10-15)13(17)14(2,3)12-8-6-5-7-9-12/h5-9H,4,10-11H2,1-3H3. The first-order valence-electron chi connectivity index (χ1n) is 5.95. The molecule has 0 aliphatic carbocycles. The van der Waals surface area contributed by atoms with Crippen LogP contribution in [0.2, 0.25) is 0 Å². The highest BCUT2D eigenvalue weighted by Gasteiger charge is 2.32. The number of carbonyl (C=O) groups excluding carboxylic acids is 1. The van der Waals surface area contributed by atoms with Crippen LogP contribution in [0.3, 0.4) is 0 Å². The lowest BCUT2D eigenvalue weighted by Crippen LogP contribution is -2.44. The van der Waals surface area contributed by atoms with E-state index < -0.39 is 5.41 Å². The minimum Gasteiger partial charge on any atom is -0.341 e. The topological polar surface area (TPSA) is 20.3 Å². The van der Waals surface area contributed by atoms with Crippen LogP contribution in [0.5, 0.6) is 0 Å². The fourth-order valence-corrected chi connectivity index (χ4v) is 2.31. The molecule has 0 radical (unpaired) electrons. The minimum atomic E-state index is -0.459. The first-order chi connectivity index (χ1) is 8.04. The van der Waals surface area contributed by atoms with E-state index in [1.807, 2.05) is 56.0 Å². The van der Waals surface area contributed by atoms with E-state index in [2.05, 4.69) is 15.9 Å². The van der Waals surface area contributed by atoms with Crippen LogP contribution in [-0.2, 0) is 10.2 Å². The van der Waals surface area contributed by atoms with Gasteiger partial charge in [-0.1, -0.05) is 46.3 Å². The van der Waals surface area contributed by atoms with Gasteiger partial charge in [-0.2, -0.15) is 0 Å². The second-order valence-electron chi connectivity index (χ2n) is 4.56. The Labute approximate surface area is 112 Å². The zero-order valence-corrected chi connectivity index (χ0v) is 12.3. The molecule has 0 bridgehead atoms. The van der Waals surface area contributed by atoms with Crippen LogP contribution in [0.4, 0.5) is 0 Å². The highest BCUT2D eigenvalue weighted by molar-refractivity contribution is 9.09. The van der Waals surface area contributed by atoms with Crippen LogP contribution in [0, 0.1) is 0 Å². The maximum Gasteiger partial charge on any atom is 0.232 e. The lowest BCUT2D eigenvalue weighted by atomic mass is 9.83. The molecule has 1 aromatic rings. The number of benzene rings is 1. The predicted octanol–water partition coefficient (Wildman–Crippen LogP) is 3.21. The Hall–Kier alpha value is -0.830. The maximum atomic E-state index is 12.5. The molecule has 1 aromatic carbocycles. The van der Waals surface area contributed by atoms with Gasteiger partial charge in [0.05, 0.1) is 5.41 Å². The van der Waals surface area contributed by atoms with Crippen molar-refractivity contribution in [1.82, 2.24) is 4.90 Å². The molecule has 0 unspecified atom stereocenters. The molecular formula is C14H20BrNO. The SMILES string of the molecule is CCN(CCBr)C(=O)C(C)(C)c1ccccc1. The molecule has 0 spiro atoms. The Morgan fingerprint density at radius 1 is 1.29 bits per heavy atom. The van der Waals surface area contributed by atoms with E-state index in [0.717, 1.165) is 24.0 Å². The molecule has 0 atom stereocenters. The van der Waals surface area contributed by atoms with E-state index in [1.165, 1.54) is 0 Å². The summed E-state index contributed by atoms with van der Waals surface area (Å²) < 4.78 is 0. The molecule has 0 aliphatic heterocycles. The molecular weight excluding hydrogens is 278 g/mol. The monoisotopic (exact) mass is 297 g/mol. The van der Waals surface area contributed by atoms with E-state index in [4.69, 9.17) is 0 Å². The van der Waals surface area contributed by atoms with Gasteiger partial charge < -0.3 is 4.90 Å². The van der Waals surface area contributed by atoms with Gasteiger partial charge in [-0.15, -0.1) is 0 Å². The summed E-state index contributed by atoms with van der Waals surface area (Å²) in [6, 6.07) is 9.95. The summed E-state index contributed by atoms with van der Waals surface area (Å²) in [6.45, 7) is 7.50. The number of amides is 1. The first-order valence-corrected chi connectivity index (χ1v) is 7.07. The molecule has 2 nitrogen and oxygen atoms in total. The van der Waals surface area contributed by atoms with Gasteiger partial charge in [0.25, 0.3) is 0 Å². The number of hydrogen-bond acceptors (Lipinski definition) is 1. The van der Waals surface area contributed by atoms with Crippen LogP contribution in [-0.4, -0.2) is 29.2 Å². The summed E-state index contributed by atoms with van der Waals surface area (Å²) in [5.74, 6) is 0.186. The van der Waals surface area contributed by atoms with Crippen molar-refractivity contribution in [1.29, 1.82) is 0 Å². The van der Waals surface area contributed by atoms with Crippen molar-refractivity contribution < 1.29 is 4.79 Å². The van der Waals surface area contributed by atoms with E-state index in [1.54, 1.807) is 0 Å². The van der Waals surface area contributed by atoms with Crippen LogP contribution >= 0.6 is 15.9 Å². The number of halogens is 1. The average molecular weight is 298 g/mol. The summed E-state index contributed by atoms with van der Waals surface area (Å²) in [5.41, 5.74) is 0.609. The van der Waals surface area contributed by atoms with Gasteiger partial charge in [0, 0.05) is 18.4 Å². The summed E-state index contributed by atoms with van der Waals surface area (Å²) in [6.07, 6.45) is 0. The van der Waals surface area contributed by atoms with Crippen LogP contribution in [0.25, 0.3) is 0 Å². The van der Waals surface area contributed by atoms with Crippen molar-refractivity contribution in [3.8, 4) is 0 Å². The molecule has 0 saturated carbocycles. The Balaban J connectivity index is 2.93. The van der Waals surface area contributed by atoms with E-state index >= 15 is 0 Å². The Kier molecular flexibility index (Phi) is 5.19. The van der Waals surface area contributed by atoms with Gasteiger partial charge in [0.15, 0.2) is 0 Å². The Bertz CT molecular complexity index is 362. The van der Waals surface area contributed by atoms with Crippen molar-refractivity contribution in [2.24, 2.45) is 0 Å².